The zero-order valence-corrected chi connectivity index (χ0v) is 16.0. The van der Waals surface area contributed by atoms with Gasteiger partial charge in [-0.05, 0) is 18.2 Å². The monoisotopic (exact) mass is 396 g/mol. The molecule has 0 radical (unpaired) electrons. The molecule has 0 bridgehead atoms. The summed E-state index contributed by atoms with van der Waals surface area (Å²) < 4.78 is 0. The average Bonchev–Trinajstić information content (AvgIpc) is 2.59. The fraction of sp³-hybridized carbons (Fsp3) is 0.294. The van der Waals surface area contributed by atoms with Crippen LogP contribution in [0.25, 0.3) is 0 Å². The normalized spacial score (nSPS) is 16.7. The number of nitrogens with one attached hydrogen (secondary N) is 1. The number of fused-ring (bicyclic) bond motifs is 2. The smallest absolute Gasteiger partial charge is 0.330 e. The van der Waals surface area contributed by atoms with Crippen LogP contribution in [0.3, 0.4) is 0 Å². The number of pyridine rings is 1. The minimum absolute atomic E-state index is 0. The minimum atomic E-state index is -0.00803. The Morgan fingerprint density at radius 3 is 2.72 bits per heavy atom. The molecule has 1 N–H and O–H groups in total. The Balaban J connectivity index is 0.00000182. The van der Waals surface area contributed by atoms with E-state index >= 15 is 0 Å². The van der Waals surface area contributed by atoms with E-state index in [1.807, 2.05) is 35.2 Å². The van der Waals surface area contributed by atoms with Gasteiger partial charge in [-0.1, -0.05) is 35.5 Å². The highest BCUT2D eigenvalue weighted by Crippen LogP contribution is 2.47. The number of benzene rings is 1. The molecule has 2 amide bonds. The van der Waals surface area contributed by atoms with Gasteiger partial charge in [-0.25, -0.2) is 14.7 Å². The number of quaternary nitrogens is 1. The summed E-state index contributed by atoms with van der Waals surface area (Å²) in [7, 11) is 2.16. The highest BCUT2D eigenvalue weighted by atomic mass is 35.5. The van der Waals surface area contributed by atoms with Gasteiger partial charge in [-0.2, -0.15) is 0 Å². The predicted octanol–water partition coefficient (Wildman–Crippen LogP) is -0.708. The third kappa shape index (κ3) is 3.44. The van der Waals surface area contributed by atoms with Crippen LogP contribution < -0.4 is 22.2 Å². The molecule has 0 unspecified atom stereocenters. The summed E-state index contributed by atoms with van der Waals surface area (Å²) in [5.41, 5.74) is 0.890. The van der Waals surface area contributed by atoms with E-state index in [1.54, 1.807) is 22.9 Å². The number of urea groups is 1. The summed E-state index contributed by atoms with van der Waals surface area (Å²) in [6.45, 7) is 3.46. The Morgan fingerprint density at radius 1 is 1.24 bits per heavy atom. The van der Waals surface area contributed by atoms with Crippen LogP contribution in [0.1, 0.15) is 0 Å². The molecule has 3 heterocycles. The number of anilines is 2. The van der Waals surface area contributed by atoms with Crippen molar-refractivity contribution >= 4 is 40.9 Å². The molecule has 1 saturated heterocycles. The molecule has 1 fully saturated rings. The second-order valence-electron chi connectivity index (χ2n) is 6.11. The van der Waals surface area contributed by atoms with Crippen LogP contribution in [0.2, 0.25) is 5.02 Å². The van der Waals surface area contributed by atoms with Crippen LogP contribution in [0.5, 0.6) is 0 Å². The molecule has 1 aromatic carbocycles. The van der Waals surface area contributed by atoms with E-state index in [4.69, 9.17) is 11.6 Å². The molecule has 0 spiro atoms. The van der Waals surface area contributed by atoms with Gasteiger partial charge in [0.2, 0.25) is 0 Å². The van der Waals surface area contributed by atoms with Crippen molar-refractivity contribution in [2.75, 3.05) is 38.1 Å². The Kier molecular flexibility index (Phi) is 5.43. The van der Waals surface area contributed by atoms with Crippen LogP contribution in [-0.4, -0.2) is 49.1 Å². The number of rotatable bonds is 0. The van der Waals surface area contributed by atoms with E-state index in [0.717, 1.165) is 41.7 Å². The van der Waals surface area contributed by atoms with Crippen molar-refractivity contribution in [3.05, 3.63) is 41.6 Å². The van der Waals surface area contributed by atoms with Gasteiger partial charge in [0, 0.05) is 11.1 Å². The Labute approximate surface area is 162 Å². The number of nitrogens with zero attached hydrogens (tertiary/aromatic N) is 3. The van der Waals surface area contributed by atoms with E-state index in [9.17, 15) is 4.79 Å². The maximum atomic E-state index is 13.2. The van der Waals surface area contributed by atoms with Crippen molar-refractivity contribution in [3.63, 3.8) is 0 Å². The Bertz CT molecular complexity index is 796. The summed E-state index contributed by atoms with van der Waals surface area (Å²) >= 11 is 7.70. The number of carbonyl (C=O) groups excluding carboxylic acids is 1. The number of piperazine rings is 1. The molecule has 1 aromatic heterocycles. The quantitative estimate of drug-likeness (QED) is 0.639. The molecule has 4 rings (SSSR count). The summed E-state index contributed by atoms with van der Waals surface area (Å²) in [6, 6.07) is 9.80. The third-order valence-corrected chi connectivity index (χ3v) is 5.71. The van der Waals surface area contributed by atoms with Crippen molar-refractivity contribution < 1.29 is 22.1 Å². The van der Waals surface area contributed by atoms with Crippen molar-refractivity contribution in [3.8, 4) is 0 Å². The molecule has 8 heteroatoms. The number of amides is 2. The van der Waals surface area contributed by atoms with Crippen LogP contribution in [0.15, 0.2) is 46.3 Å². The number of carbonyl (C=O) groups is 1. The first-order chi connectivity index (χ1) is 11.6. The second kappa shape index (κ2) is 7.41. The molecular weight excluding hydrogens is 379 g/mol. The number of hydrogen-bond donors (Lipinski definition) is 1. The van der Waals surface area contributed by atoms with Crippen LogP contribution >= 0.6 is 23.4 Å². The zero-order chi connectivity index (χ0) is 16.7. The minimum Gasteiger partial charge on any atom is -1.00 e. The van der Waals surface area contributed by atoms with Gasteiger partial charge >= 0.3 is 6.03 Å². The van der Waals surface area contributed by atoms with Gasteiger partial charge in [0.25, 0.3) is 0 Å². The van der Waals surface area contributed by atoms with Gasteiger partial charge < -0.3 is 22.2 Å². The van der Waals surface area contributed by atoms with Crippen LogP contribution in [0, 0.1) is 0 Å². The highest BCUT2D eigenvalue weighted by molar-refractivity contribution is 7.99. The van der Waals surface area contributed by atoms with Gasteiger partial charge in [0.1, 0.15) is 0 Å². The summed E-state index contributed by atoms with van der Waals surface area (Å²) in [5.74, 6) is 0.666. The van der Waals surface area contributed by atoms with E-state index < -0.39 is 0 Å². The predicted molar refractivity (Wildman–Crippen MR) is 95.5 cm³/mol. The fourth-order valence-electron chi connectivity index (χ4n) is 3.03. The lowest BCUT2D eigenvalue weighted by atomic mass is 10.2. The Hall–Kier alpha value is -1.47. The van der Waals surface area contributed by atoms with Gasteiger partial charge in [-0.3, -0.25) is 0 Å². The number of aromatic nitrogens is 1. The maximum absolute atomic E-state index is 13.2. The molecular formula is C17H18Cl2N4OS. The molecule has 25 heavy (non-hydrogen) atoms. The first-order valence-electron chi connectivity index (χ1n) is 7.96. The summed E-state index contributed by atoms with van der Waals surface area (Å²) in [5, 5.41) is 0.580. The van der Waals surface area contributed by atoms with Gasteiger partial charge in [0.05, 0.1) is 48.8 Å². The lowest BCUT2D eigenvalue weighted by Gasteiger charge is -2.36. The van der Waals surface area contributed by atoms with Crippen molar-refractivity contribution in [2.45, 2.75) is 9.79 Å². The van der Waals surface area contributed by atoms with E-state index in [2.05, 4.69) is 12.0 Å². The summed E-state index contributed by atoms with van der Waals surface area (Å²) in [4.78, 5) is 24.7. The summed E-state index contributed by atoms with van der Waals surface area (Å²) in [6.07, 6.45) is 1.60. The van der Waals surface area contributed by atoms with E-state index in [-0.39, 0.29) is 18.4 Å². The third-order valence-electron chi connectivity index (χ3n) is 4.42. The van der Waals surface area contributed by atoms with E-state index in [0.29, 0.717) is 10.8 Å². The fourth-order valence-corrected chi connectivity index (χ4v) is 4.32. The number of likely N-dealkylation sites (N-methyl/N-ethyl adjacent to an activating group) is 1. The average molecular weight is 397 g/mol. The molecule has 2 aromatic rings. The first kappa shape index (κ1) is 18.3. The SMILES string of the molecule is C[NH+]1CCN(C(=O)N2c3ccccc3Sc3cc(Cl)cnc32)CC1.[Cl-]. The number of halogens is 2. The molecule has 0 aliphatic carbocycles. The van der Waals surface area contributed by atoms with Crippen molar-refractivity contribution in [1.82, 2.24) is 9.88 Å². The zero-order valence-electron chi connectivity index (χ0n) is 13.7. The van der Waals surface area contributed by atoms with Gasteiger partial charge in [-0.15, -0.1) is 0 Å². The standard InChI is InChI=1S/C17H17ClN4OS.ClH/c1-20-6-8-21(9-7-20)17(23)22-13-4-2-3-5-14(13)24-15-10-12(18)11-19-16(15)22;/h2-5,10-11H,6-9H2,1H3;1H. The lowest BCUT2D eigenvalue weighted by Crippen LogP contribution is -3.12. The van der Waals surface area contributed by atoms with Gasteiger partial charge in [0.15, 0.2) is 5.82 Å². The second-order valence-corrected chi connectivity index (χ2v) is 7.63. The highest BCUT2D eigenvalue weighted by Gasteiger charge is 2.34. The number of para-hydroxylation sites is 1. The topological polar surface area (TPSA) is 40.9 Å². The molecule has 2 aliphatic rings. The van der Waals surface area contributed by atoms with Crippen LogP contribution in [0.4, 0.5) is 16.3 Å². The molecule has 2 aliphatic heterocycles. The number of hydrogen-bond acceptors (Lipinski definition) is 3. The van der Waals surface area contributed by atoms with Crippen LogP contribution in [-0.2, 0) is 0 Å². The van der Waals surface area contributed by atoms with E-state index in [1.165, 1.54) is 4.90 Å². The lowest BCUT2D eigenvalue weighted by molar-refractivity contribution is -0.883. The Morgan fingerprint density at radius 2 is 1.96 bits per heavy atom. The van der Waals surface area contributed by atoms with Crippen molar-refractivity contribution in [2.24, 2.45) is 0 Å². The maximum Gasteiger partial charge on any atom is 0.330 e. The largest absolute Gasteiger partial charge is 1.00 e. The molecule has 0 atom stereocenters. The van der Waals surface area contributed by atoms with Crippen molar-refractivity contribution in [1.29, 1.82) is 0 Å². The molecule has 5 nitrogen and oxygen atoms in total. The first-order valence-corrected chi connectivity index (χ1v) is 9.15. The molecule has 132 valence electrons. The molecule has 0 saturated carbocycles.